The summed E-state index contributed by atoms with van der Waals surface area (Å²) in [4.78, 5) is 10.9. The van der Waals surface area contributed by atoms with Crippen LogP contribution in [0.2, 0.25) is 13.1 Å². The van der Waals surface area contributed by atoms with Crippen molar-refractivity contribution in [1.82, 2.24) is 19.1 Å². The number of aromatic nitrogens is 4. The lowest BCUT2D eigenvalue weighted by Gasteiger charge is -2.23. The molecule has 4 heterocycles. The first-order valence-electron chi connectivity index (χ1n) is 18.3. The Morgan fingerprint density at radius 2 is 0.962 bits per heavy atom. The van der Waals surface area contributed by atoms with Crippen molar-refractivity contribution in [3.63, 3.8) is 0 Å². The number of para-hydroxylation sites is 4. The minimum absolute atomic E-state index is 0.756. The summed E-state index contributed by atoms with van der Waals surface area (Å²) in [6.07, 6.45) is 0. The monoisotopic (exact) mass is 694 g/mol. The topological polar surface area (TPSA) is 35.6 Å². The Balaban J connectivity index is 1.25. The summed E-state index contributed by atoms with van der Waals surface area (Å²) in [6, 6.07) is 61.3. The first-order chi connectivity index (χ1) is 26.1. The lowest BCUT2D eigenvalue weighted by atomic mass is 10.0. The van der Waals surface area contributed by atoms with Crippen LogP contribution < -0.4 is 10.4 Å². The first-order valence-corrected chi connectivity index (χ1v) is 21.3. The van der Waals surface area contributed by atoms with E-state index >= 15 is 0 Å². The predicted molar refractivity (Wildman–Crippen MR) is 224 cm³/mol. The first kappa shape index (κ1) is 30.1. The van der Waals surface area contributed by atoms with Gasteiger partial charge in [0.15, 0.2) is 5.82 Å². The van der Waals surface area contributed by atoms with Gasteiger partial charge in [-0.05, 0) is 58.4 Å². The van der Waals surface area contributed by atoms with E-state index in [4.69, 9.17) is 9.97 Å². The number of benzene rings is 7. The smallest absolute Gasteiger partial charge is 0.160 e. The molecule has 0 N–H and O–H groups in total. The van der Waals surface area contributed by atoms with E-state index in [1.54, 1.807) is 0 Å². The van der Waals surface area contributed by atoms with Crippen molar-refractivity contribution in [2.45, 2.75) is 13.1 Å². The zero-order chi connectivity index (χ0) is 35.3. The average Bonchev–Trinajstić information content (AvgIpc) is 3.80. The molecule has 1 aliphatic rings. The highest BCUT2D eigenvalue weighted by Gasteiger charge is 2.42. The highest BCUT2D eigenvalue weighted by Crippen LogP contribution is 2.42. The third-order valence-electron chi connectivity index (χ3n) is 11.3. The summed E-state index contributed by atoms with van der Waals surface area (Å²) in [6.45, 7) is 4.91. The van der Waals surface area contributed by atoms with Crippen molar-refractivity contribution >= 4 is 62.1 Å². The van der Waals surface area contributed by atoms with Crippen molar-refractivity contribution in [2.24, 2.45) is 0 Å². The van der Waals surface area contributed by atoms with Crippen molar-refractivity contribution in [3.8, 4) is 45.3 Å². The third-order valence-corrected chi connectivity index (χ3v) is 14.8. The Morgan fingerprint density at radius 1 is 0.434 bits per heavy atom. The number of hydrogen-bond acceptors (Lipinski definition) is 2. The van der Waals surface area contributed by atoms with Crippen molar-refractivity contribution in [2.75, 3.05) is 0 Å². The van der Waals surface area contributed by atoms with Crippen LogP contribution in [-0.2, 0) is 0 Å². The van der Waals surface area contributed by atoms with E-state index in [9.17, 15) is 0 Å². The molecule has 0 saturated heterocycles. The van der Waals surface area contributed by atoms with E-state index < -0.39 is 8.07 Å². The van der Waals surface area contributed by atoms with Gasteiger partial charge >= 0.3 is 0 Å². The average molecular weight is 695 g/mol. The van der Waals surface area contributed by atoms with E-state index in [0.29, 0.717) is 0 Å². The molecule has 53 heavy (non-hydrogen) atoms. The van der Waals surface area contributed by atoms with Crippen LogP contribution in [0.15, 0.2) is 170 Å². The largest absolute Gasteiger partial charge is 0.309 e. The SMILES string of the molecule is C[Si]1(C)c2ccccc2-c2nc(-c3ccccc3)nc(-c3ccccc3-n3c4ccccc4c4cc5c6ccccc6n(-c6ccccc6)c5cc43)c21. The molecule has 1 aliphatic heterocycles. The third kappa shape index (κ3) is 4.29. The summed E-state index contributed by atoms with van der Waals surface area (Å²) in [5, 5.41) is 7.69. The van der Waals surface area contributed by atoms with Gasteiger partial charge in [0.1, 0.15) is 8.07 Å². The van der Waals surface area contributed by atoms with Gasteiger partial charge < -0.3 is 9.13 Å². The number of nitrogens with zero attached hydrogens (tertiary/aromatic N) is 4. The molecular formula is C48H34N4Si. The highest BCUT2D eigenvalue weighted by atomic mass is 28.3. The van der Waals surface area contributed by atoms with Crippen LogP contribution in [0.3, 0.4) is 0 Å². The summed E-state index contributed by atoms with van der Waals surface area (Å²) in [7, 11) is -2.19. The number of hydrogen-bond donors (Lipinski definition) is 0. The van der Waals surface area contributed by atoms with Gasteiger partial charge in [0.25, 0.3) is 0 Å². The van der Waals surface area contributed by atoms with Gasteiger partial charge in [-0.15, -0.1) is 0 Å². The van der Waals surface area contributed by atoms with Crippen molar-refractivity contribution in [3.05, 3.63) is 170 Å². The van der Waals surface area contributed by atoms with Gasteiger partial charge in [-0.3, -0.25) is 0 Å². The van der Waals surface area contributed by atoms with E-state index in [2.05, 4.69) is 192 Å². The summed E-state index contributed by atoms with van der Waals surface area (Å²) < 4.78 is 4.88. The van der Waals surface area contributed by atoms with Crippen LogP contribution in [0.4, 0.5) is 0 Å². The zero-order valence-electron chi connectivity index (χ0n) is 29.5. The van der Waals surface area contributed by atoms with E-state index in [1.165, 1.54) is 59.5 Å². The molecule has 0 unspecified atom stereocenters. The fourth-order valence-electron chi connectivity index (χ4n) is 8.94. The summed E-state index contributed by atoms with van der Waals surface area (Å²) in [5.41, 5.74) is 12.5. The van der Waals surface area contributed by atoms with Gasteiger partial charge in [0.2, 0.25) is 0 Å². The second kappa shape index (κ2) is 11.2. The molecule has 4 nitrogen and oxygen atoms in total. The van der Waals surface area contributed by atoms with Gasteiger partial charge in [-0.1, -0.05) is 140 Å². The van der Waals surface area contributed by atoms with Gasteiger partial charge in [-0.2, -0.15) is 0 Å². The molecule has 0 bridgehead atoms. The van der Waals surface area contributed by atoms with Crippen molar-refractivity contribution < 1.29 is 0 Å². The number of rotatable bonds is 4. The maximum atomic E-state index is 5.53. The molecule has 11 rings (SSSR count). The molecule has 0 amide bonds. The Morgan fingerprint density at radius 3 is 1.68 bits per heavy atom. The number of fused-ring (bicyclic) bond motifs is 9. The lowest BCUT2D eigenvalue weighted by Crippen LogP contribution is -2.50. The summed E-state index contributed by atoms with van der Waals surface area (Å²) >= 11 is 0. The van der Waals surface area contributed by atoms with Crippen molar-refractivity contribution in [1.29, 1.82) is 0 Å². The molecule has 0 fully saturated rings. The van der Waals surface area contributed by atoms with Crippen LogP contribution in [-0.4, -0.2) is 27.2 Å². The fraction of sp³-hybridized carbons (Fsp3) is 0.0417. The molecule has 250 valence electrons. The Kier molecular flexibility index (Phi) is 6.37. The molecular weight excluding hydrogens is 661 g/mol. The maximum Gasteiger partial charge on any atom is 0.160 e. The molecule has 0 atom stereocenters. The standard InChI is InChI=1S/C48H34N4Si/c1-53(2)44-28-16-12-24-36(44)46-47(53)45(49-48(50-46)31-17-5-3-6-18-31)35-23-11-15-27-41(35)52-40-26-14-10-22-34(40)38-29-37-33-21-9-13-25-39(33)51(42(37)30-43(38)52)32-19-7-4-8-20-32/h3-30H,1-2H3. The second-order valence-corrected chi connectivity index (χ2v) is 18.9. The normalized spacial score (nSPS) is 13.2. The van der Waals surface area contributed by atoms with E-state index in [1.807, 2.05) is 0 Å². The minimum Gasteiger partial charge on any atom is -0.309 e. The van der Waals surface area contributed by atoms with E-state index in [0.717, 1.165) is 39.7 Å². The van der Waals surface area contributed by atoms with Crippen LogP contribution >= 0.6 is 0 Å². The fourth-order valence-corrected chi connectivity index (χ4v) is 12.2. The molecule has 7 aromatic carbocycles. The van der Waals surface area contributed by atoms with Crippen LogP contribution in [0.25, 0.3) is 88.9 Å². The second-order valence-electron chi connectivity index (χ2n) is 14.6. The molecule has 0 spiro atoms. The van der Waals surface area contributed by atoms with Gasteiger partial charge in [0.05, 0.1) is 39.1 Å². The molecule has 0 radical (unpaired) electrons. The molecule has 0 saturated carbocycles. The molecule has 10 aromatic rings. The Hall–Kier alpha value is -6.56. The maximum absolute atomic E-state index is 5.53. The molecule has 3 aromatic heterocycles. The molecule has 0 aliphatic carbocycles. The summed E-state index contributed by atoms with van der Waals surface area (Å²) in [5.74, 6) is 0.756. The zero-order valence-corrected chi connectivity index (χ0v) is 30.5. The van der Waals surface area contributed by atoms with Crippen LogP contribution in [0.5, 0.6) is 0 Å². The molecule has 5 heteroatoms. The van der Waals surface area contributed by atoms with Crippen LogP contribution in [0, 0.1) is 0 Å². The quantitative estimate of drug-likeness (QED) is 0.172. The lowest BCUT2D eigenvalue weighted by molar-refractivity contribution is 1.15. The highest BCUT2D eigenvalue weighted by molar-refractivity contribution is 7.04. The predicted octanol–water partition coefficient (Wildman–Crippen LogP) is 10.8. The van der Waals surface area contributed by atoms with E-state index in [-0.39, 0.29) is 0 Å². The Bertz CT molecular complexity index is 3080. The Labute approximate surface area is 308 Å². The minimum atomic E-state index is -2.19. The van der Waals surface area contributed by atoms with Gasteiger partial charge in [-0.25, -0.2) is 9.97 Å². The van der Waals surface area contributed by atoms with Gasteiger partial charge in [0, 0.05) is 38.4 Å². The van der Waals surface area contributed by atoms with Crippen LogP contribution in [0.1, 0.15) is 0 Å².